The Morgan fingerprint density at radius 3 is 2.35 bits per heavy atom. The lowest BCUT2D eigenvalue weighted by molar-refractivity contribution is -0.120. The molecule has 2 fully saturated rings. The summed E-state index contributed by atoms with van der Waals surface area (Å²) in [5.74, 6) is 0.483. The zero-order valence-corrected chi connectivity index (χ0v) is 17.5. The molecule has 0 bridgehead atoms. The first-order valence-electron chi connectivity index (χ1n) is 10.8. The van der Waals surface area contributed by atoms with Crippen LogP contribution in [0.25, 0.3) is 0 Å². The molecule has 162 valence electrons. The van der Waals surface area contributed by atoms with E-state index in [1.165, 1.54) is 12.8 Å². The molecule has 3 heterocycles. The Balaban J connectivity index is 1.21. The molecule has 0 aliphatic carbocycles. The van der Waals surface area contributed by atoms with Gasteiger partial charge in [0.25, 0.3) is 5.91 Å². The SMILES string of the molecule is O=C(CNC(=O)c1ccc(N2CCCC2=O)cc1)NCc1ccc(N2CCCC2)nc1. The minimum Gasteiger partial charge on any atom is -0.357 e. The van der Waals surface area contributed by atoms with Gasteiger partial charge in [0.2, 0.25) is 11.8 Å². The Labute approximate surface area is 181 Å². The second-order valence-corrected chi connectivity index (χ2v) is 7.87. The molecule has 3 amide bonds. The van der Waals surface area contributed by atoms with E-state index in [9.17, 15) is 14.4 Å². The summed E-state index contributed by atoms with van der Waals surface area (Å²) in [6.45, 7) is 3.05. The van der Waals surface area contributed by atoms with Gasteiger partial charge in [0.05, 0.1) is 6.54 Å². The number of hydrogen-bond acceptors (Lipinski definition) is 5. The number of rotatable bonds is 7. The lowest BCUT2D eigenvalue weighted by Gasteiger charge is -2.16. The molecule has 0 unspecified atom stereocenters. The monoisotopic (exact) mass is 421 g/mol. The minimum atomic E-state index is -0.328. The average molecular weight is 422 g/mol. The summed E-state index contributed by atoms with van der Waals surface area (Å²) >= 11 is 0. The van der Waals surface area contributed by atoms with Crippen LogP contribution >= 0.6 is 0 Å². The number of carbonyl (C=O) groups excluding carboxylic acids is 3. The van der Waals surface area contributed by atoms with Gasteiger partial charge >= 0.3 is 0 Å². The van der Waals surface area contributed by atoms with E-state index >= 15 is 0 Å². The number of nitrogens with one attached hydrogen (secondary N) is 2. The molecule has 2 aromatic rings. The van der Waals surface area contributed by atoms with Crippen LogP contribution in [0.5, 0.6) is 0 Å². The lowest BCUT2D eigenvalue weighted by Crippen LogP contribution is -2.36. The Bertz CT molecular complexity index is 937. The molecule has 0 saturated carbocycles. The number of anilines is 2. The highest BCUT2D eigenvalue weighted by atomic mass is 16.2. The first kappa shape index (κ1) is 20.8. The molecule has 2 aliphatic rings. The zero-order chi connectivity index (χ0) is 21.6. The van der Waals surface area contributed by atoms with E-state index in [1.54, 1.807) is 35.4 Å². The van der Waals surface area contributed by atoms with Crippen LogP contribution < -0.4 is 20.4 Å². The Morgan fingerprint density at radius 2 is 1.71 bits per heavy atom. The fraction of sp³-hybridized carbons (Fsp3) is 0.391. The predicted octanol–water partition coefficient (Wildman–Crippen LogP) is 1.85. The van der Waals surface area contributed by atoms with Crippen LogP contribution in [0.4, 0.5) is 11.5 Å². The number of benzene rings is 1. The van der Waals surface area contributed by atoms with Crippen LogP contribution in [0.1, 0.15) is 41.6 Å². The van der Waals surface area contributed by atoms with E-state index < -0.39 is 0 Å². The van der Waals surface area contributed by atoms with Gasteiger partial charge in [-0.05, 0) is 55.2 Å². The predicted molar refractivity (Wildman–Crippen MR) is 118 cm³/mol. The number of hydrogen-bond donors (Lipinski definition) is 2. The zero-order valence-electron chi connectivity index (χ0n) is 17.5. The highest BCUT2D eigenvalue weighted by molar-refractivity contribution is 5.98. The van der Waals surface area contributed by atoms with E-state index in [-0.39, 0.29) is 24.3 Å². The van der Waals surface area contributed by atoms with Gasteiger partial charge in [-0.2, -0.15) is 0 Å². The van der Waals surface area contributed by atoms with Crippen molar-refractivity contribution in [3.05, 3.63) is 53.7 Å². The van der Waals surface area contributed by atoms with E-state index in [0.717, 1.165) is 36.6 Å². The third kappa shape index (κ3) is 5.20. The minimum absolute atomic E-state index is 0.106. The topological polar surface area (TPSA) is 94.6 Å². The van der Waals surface area contributed by atoms with Crippen molar-refractivity contribution in [1.29, 1.82) is 0 Å². The van der Waals surface area contributed by atoms with Gasteiger partial charge in [-0.1, -0.05) is 6.07 Å². The summed E-state index contributed by atoms with van der Waals surface area (Å²) in [5.41, 5.74) is 2.15. The number of pyridine rings is 1. The van der Waals surface area contributed by atoms with E-state index in [4.69, 9.17) is 0 Å². The lowest BCUT2D eigenvalue weighted by atomic mass is 10.2. The van der Waals surface area contributed by atoms with Crippen LogP contribution in [0.15, 0.2) is 42.6 Å². The van der Waals surface area contributed by atoms with Crippen LogP contribution in [0.3, 0.4) is 0 Å². The summed E-state index contributed by atoms with van der Waals surface area (Å²) < 4.78 is 0. The second-order valence-electron chi connectivity index (χ2n) is 7.87. The fourth-order valence-corrected chi connectivity index (χ4v) is 3.89. The highest BCUT2D eigenvalue weighted by Gasteiger charge is 2.21. The first-order chi connectivity index (χ1) is 15.1. The fourth-order valence-electron chi connectivity index (χ4n) is 3.89. The summed E-state index contributed by atoms with van der Waals surface area (Å²) in [5, 5.41) is 5.42. The van der Waals surface area contributed by atoms with Gasteiger partial charge in [0.1, 0.15) is 5.82 Å². The first-order valence-corrected chi connectivity index (χ1v) is 10.8. The second kappa shape index (κ2) is 9.59. The van der Waals surface area contributed by atoms with Crippen molar-refractivity contribution in [2.45, 2.75) is 32.2 Å². The van der Waals surface area contributed by atoms with Crippen molar-refractivity contribution in [1.82, 2.24) is 15.6 Å². The molecule has 0 radical (unpaired) electrons. The van der Waals surface area contributed by atoms with Crippen LogP contribution in [-0.4, -0.2) is 48.9 Å². The van der Waals surface area contributed by atoms with Crippen LogP contribution in [-0.2, 0) is 16.1 Å². The molecule has 31 heavy (non-hydrogen) atoms. The van der Waals surface area contributed by atoms with Crippen molar-refractivity contribution in [3.63, 3.8) is 0 Å². The van der Waals surface area contributed by atoms with Crippen molar-refractivity contribution < 1.29 is 14.4 Å². The maximum Gasteiger partial charge on any atom is 0.251 e. The maximum absolute atomic E-state index is 12.3. The summed E-state index contributed by atoms with van der Waals surface area (Å²) in [6.07, 6.45) is 5.60. The van der Waals surface area contributed by atoms with Crippen molar-refractivity contribution in [2.75, 3.05) is 36.0 Å². The average Bonchev–Trinajstić information content (AvgIpc) is 3.48. The molecule has 1 aromatic carbocycles. The molecule has 0 atom stereocenters. The molecule has 2 N–H and O–H groups in total. The Kier molecular flexibility index (Phi) is 6.45. The third-order valence-corrected chi connectivity index (χ3v) is 5.65. The molecule has 8 heteroatoms. The Hall–Kier alpha value is -3.42. The molecule has 4 rings (SSSR count). The van der Waals surface area contributed by atoms with Crippen LogP contribution in [0, 0.1) is 0 Å². The largest absolute Gasteiger partial charge is 0.357 e. The summed E-state index contributed by atoms with van der Waals surface area (Å²) in [7, 11) is 0. The normalized spacial score (nSPS) is 15.9. The molecule has 8 nitrogen and oxygen atoms in total. The Morgan fingerprint density at radius 1 is 0.935 bits per heavy atom. The van der Waals surface area contributed by atoms with Crippen molar-refractivity contribution >= 4 is 29.2 Å². The van der Waals surface area contributed by atoms with Crippen molar-refractivity contribution in [2.24, 2.45) is 0 Å². The van der Waals surface area contributed by atoms with E-state index in [2.05, 4.69) is 20.5 Å². The summed E-state index contributed by atoms with van der Waals surface area (Å²) in [4.78, 5) is 44.7. The standard InChI is InChI=1S/C23H27N5O3/c29-21(25-15-17-5-10-20(24-14-17)27-11-1-2-12-27)16-26-23(31)18-6-8-19(9-7-18)28-13-3-4-22(28)30/h5-10,14H,1-4,11-13,15-16H2,(H,25,29)(H,26,31). The van der Waals surface area contributed by atoms with E-state index in [0.29, 0.717) is 25.1 Å². The van der Waals surface area contributed by atoms with Gasteiger partial charge in [-0.25, -0.2) is 4.98 Å². The maximum atomic E-state index is 12.3. The molecular weight excluding hydrogens is 394 g/mol. The molecule has 2 aliphatic heterocycles. The molecule has 0 spiro atoms. The quantitative estimate of drug-likeness (QED) is 0.712. The number of carbonyl (C=O) groups is 3. The van der Waals surface area contributed by atoms with Crippen molar-refractivity contribution in [3.8, 4) is 0 Å². The summed E-state index contributed by atoms with van der Waals surface area (Å²) in [6, 6.07) is 10.8. The van der Waals surface area contributed by atoms with Gasteiger partial charge in [0, 0.05) is 50.0 Å². The van der Waals surface area contributed by atoms with Gasteiger partial charge in [-0.15, -0.1) is 0 Å². The number of nitrogens with zero attached hydrogens (tertiary/aromatic N) is 3. The van der Waals surface area contributed by atoms with Gasteiger partial charge in [-0.3, -0.25) is 14.4 Å². The van der Waals surface area contributed by atoms with E-state index in [1.807, 2.05) is 12.1 Å². The smallest absolute Gasteiger partial charge is 0.251 e. The van der Waals surface area contributed by atoms with Gasteiger partial charge in [0.15, 0.2) is 0 Å². The molecule has 1 aromatic heterocycles. The van der Waals surface area contributed by atoms with Crippen LogP contribution in [0.2, 0.25) is 0 Å². The third-order valence-electron chi connectivity index (χ3n) is 5.65. The molecular formula is C23H27N5O3. The highest BCUT2D eigenvalue weighted by Crippen LogP contribution is 2.21. The number of amides is 3. The van der Waals surface area contributed by atoms with Gasteiger partial charge < -0.3 is 20.4 Å². The number of aromatic nitrogens is 1. The molecule has 2 saturated heterocycles.